The van der Waals surface area contributed by atoms with Crippen molar-refractivity contribution in [2.75, 3.05) is 18.4 Å². The molecule has 2 rings (SSSR count). The molecule has 0 saturated carbocycles. The summed E-state index contributed by atoms with van der Waals surface area (Å²) in [6, 6.07) is 6.40. The minimum atomic E-state index is -3.67. The van der Waals surface area contributed by atoms with Gasteiger partial charge in [-0.3, -0.25) is 4.79 Å². The van der Waals surface area contributed by atoms with Crippen LogP contribution in [0.1, 0.15) is 29.9 Å². The van der Waals surface area contributed by atoms with Crippen molar-refractivity contribution in [1.82, 2.24) is 15.3 Å². The lowest BCUT2D eigenvalue weighted by Gasteiger charge is -2.08. The number of hydrogen-bond acceptors (Lipinski definition) is 6. The number of sulfonamides is 1. The Bertz CT molecular complexity index is 834. The van der Waals surface area contributed by atoms with Crippen LogP contribution in [0.5, 0.6) is 0 Å². The van der Waals surface area contributed by atoms with Crippen molar-refractivity contribution in [1.29, 1.82) is 0 Å². The average molecular weight is 377 g/mol. The van der Waals surface area contributed by atoms with Crippen molar-refractivity contribution in [3.63, 3.8) is 0 Å². The number of carbonyl (C=O) groups excluding carboxylic acids is 1. The van der Waals surface area contributed by atoms with E-state index >= 15 is 0 Å². The molecule has 0 atom stereocenters. The van der Waals surface area contributed by atoms with Gasteiger partial charge >= 0.3 is 0 Å². The highest BCUT2D eigenvalue weighted by molar-refractivity contribution is 7.89. The molecule has 2 aromatic rings. The van der Waals surface area contributed by atoms with Gasteiger partial charge in [0.15, 0.2) is 0 Å². The fourth-order valence-corrected chi connectivity index (χ4v) is 2.62. The summed E-state index contributed by atoms with van der Waals surface area (Å²) in [6.45, 7) is 5.20. The minimum absolute atomic E-state index is 0.0893. The quantitative estimate of drug-likeness (QED) is 0.633. The predicted molar refractivity (Wildman–Crippen MR) is 99.2 cm³/mol. The second kappa shape index (κ2) is 8.72. The van der Waals surface area contributed by atoms with E-state index in [1.165, 1.54) is 24.5 Å². The molecule has 140 valence electrons. The third-order valence-electron chi connectivity index (χ3n) is 3.53. The molecule has 1 heterocycles. The molecule has 0 unspecified atom stereocenters. The van der Waals surface area contributed by atoms with Gasteiger partial charge in [0.2, 0.25) is 10.0 Å². The Hall–Kier alpha value is -2.52. The highest BCUT2D eigenvalue weighted by atomic mass is 32.2. The lowest BCUT2D eigenvalue weighted by Crippen LogP contribution is -2.28. The lowest BCUT2D eigenvalue weighted by atomic mass is 10.1. The third-order valence-corrected chi connectivity index (χ3v) is 4.46. The van der Waals surface area contributed by atoms with Gasteiger partial charge in [-0.2, -0.15) is 0 Å². The Labute approximate surface area is 153 Å². The molecule has 26 heavy (non-hydrogen) atoms. The van der Waals surface area contributed by atoms with Gasteiger partial charge in [-0.1, -0.05) is 26.0 Å². The van der Waals surface area contributed by atoms with Crippen LogP contribution in [0.25, 0.3) is 0 Å². The van der Waals surface area contributed by atoms with Crippen LogP contribution in [0.3, 0.4) is 0 Å². The summed E-state index contributed by atoms with van der Waals surface area (Å²) in [6.07, 6.45) is 3.61. The monoisotopic (exact) mass is 377 g/mol. The van der Waals surface area contributed by atoms with Crippen molar-refractivity contribution >= 4 is 21.7 Å². The highest BCUT2D eigenvalue weighted by Gasteiger charge is 2.09. The number of primary sulfonamides is 1. The Kier molecular flexibility index (Phi) is 6.64. The van der Waals surface area contributed by atoms with Crippen molar-refractivity contribution in [3.8, 4) is 0 Å². The van der Waals surface area contributed by atoms with Gasteiger partial charge in [0, 0.05) is 13.1 Å². The number of hydrogen-bond donors (Lipinski definition) is 3. The number of nitrogens with two attached hydrogens (primary N) is 1. The summed E-state index contributed by atoms with van der Waals surface area (Å²) in [5.74, 6) is 0.686. The van der Waals surface area contributed by atoms with E-state index in [-0.39, 0.29) is 16.5 Å². The molecule has 0 aliphatic carbocycles. The maximum Gasteiger partial charge on any atom is 0.271 e. The zero-order valence-corrected chi connectivity index (χ0v) is 15.6. The molecule has 0 aliphatic heterocycles. The third kappa shape index (κ3) is 6.08. The van der Waals surface area contributed by atoms with E-state index in [2.05, 4.69) is 20.6 Å². The number of carbonyl (C=O) groups is 1. The molecular formula is C17H23N5O3S. The van der Waals surface area contributed by atoms with Crippen LogP contribution < -0.4 is 15.8 Å². The van der Waals surface area contributed by atoms with Gasteiger partial charge in [0.05, 0.1) is 17.3 Å². The molecule has 0 fully saturated rings. The van der Waals surface area contributed by atoms with E-state index in [1.54, 1.807) is 12.1 Å². The van der Waals surface area contributed by atoms with Gasteiger partial charge in [0.1, 0.15) is 11.5 Å². The molecule has 1 aromatic carbocycles. The van der Waals surface area contributed by atoms with Gasteiger partial charge in [-0.25, -0.2) is 23.5 Å². The number of rotatable bonds is 8. The molecule has 0 spiro atoms. The number of aromatic nitrogens is 2. The molecule has 0 radical (unpaired) electrons. The van der Waals surface area contributed by atoms with Crippen LogP contribution in [0.2, 0.25) is 0 Å². The summed E-state index contributed by atoms with van der Waals surface area (Å²) in [7, 11) is -3.67. The maximum atomic E-state index is 11.9. The van der Waals surface area contributed by atoms with Crippen molar-refractivity contribution in [2.45, 2.75) is 25.2 Å². The fourth-order valence-electron chi connectivity index (χ4n) is 2.10. The number of benzene rings is 1. The van der Waals surface area contributed by atoms with E-state index in [1.807, 2.05) is 13.8 Å². The van der Waals surface area contributed by atoms with Crippen LogP contribution in [0.15, 0.2) is 41.6 Å². The molecule has 0 bridgehead atoms. The second-order valence-corrected chi connectivity index (χ2v) is 7.82. The zero-order valence-electron chi connectivity index (χ0n) is 14.8. The average Bonchev–Trinajstić information content (AvgIpc) is 2.60. The first-order chi connectivity index (χ1) is 12.3. The van der Waals surface area contributed by atoms with E-state index in [0.29, 0.717) is 31.2 Å². The predicted octanol–water partition coefficient (Wildman–Crippen LogP) is 1.16. The molecule has 0 aliphatic rings. The molecule has 4 N–H and O–H groups in total. The second-order valence-electron chi connectivity index (χ2n) is 6.26. The van der Waals surface area contributed by atoms with Crippen molar-refractivity contribution < 1.29 is 13.2 Å². The summed E-state index contributed by atoms with van der Waals surface area (Å²) in [4.78, 5) is 20.2. The van der Waals surface area contributed by atoms with Crippen molar-refractivity contribution in [3.05, 3.63) is 47.9 Å². The smallest absolute Gasteiger partial charge is 0.271 e. The highest BCUT2D eigenvalue weighted by Crippen LogP contribution is 2.09. The first kappa shape index (κ1) is 19.8. The number of amides is 1. The van der Waals surface area contributed by atoms with Gasteiger partial charge in [-0.05, 0) is 30.0 Å². The molecule has 9 heteroatoms. The maximum absolute atomic E-state index is 11.9. The van der Waals surface area contributed by atoms with E-state index in [0.717, 1.165) is 5.56 Å². The lowest BCUT2D eigenvalue weighted by molar-refractivity contribution is 0.0943. The van der Waals surface area contributed by atoms with Gasteiger partial charge in [-0.15, -0.1) is 0 Å². The van der Waals surface area contributed by atoms with Crippen LogP contribution >= 0.6 is 0 Å². The molecule has 0 saturated heterocycles. The Balaban J connectivity index is 1.83. The van der Waals surface area contributed by atoms with E-state index in [4.69, 9.17) is 5.14 Å². The summed E-state index contributed by atoms with van der Waals surface area (Å²) in [5.41, 5.74) is 1.23. The van der Waals surface area contributed by atoms with E-state index in [9.17, 15) is 13.2 Å². The number of nitrogens with one attached hydrogen (secondary N) is 2. The van der Waals surface area contributed by atoms with Gasteiger partial charge < -0.3 is 10.6 Å². The van der Waals surface area contributed by atoms with Crippen LogP contribution in [0, 0.1) is 5.92 Å². The Morgan fingerprint density at radius 2 is 1.85 bits per heavy atom. The summed E-state index contributed by atoms with van der Waals surface area (Å²) >= 11 is 0. The molecule has 1 amide bonds. The summed E-state index contributed by atoms with van der Waals surface area (Å²) in [5, 5.41) is 11.0. The first-order valence-corrected chi connectivity index (χ1v) is 9.76. The summed E-state index contributed by atoms with van der Waals surface area (Å²) < 4.78 is 22.4. The zero-order chi connectivity index (χ0) is 19.2. The number of anilines is 1. The van der Waals surface area contributed by atoms with E-state index < -0.39 is 10.0 Å². The molecular weight excluding hydrogens is 354 g/mol. The van der Waals surface area contributed by atoms with Crippen LogP contribution in [-0.2, 0) is 16.4 Å². The van der Waals surface area contributed by atoms with Gasteiger partial charge in [0.25, 0.3) is 5.91 Å². The Morgan fingerprint density at radius 1 is 1.15 bits per heavy atom. The topological polar surface area (TPSA) is 127 Å². The fraction of sp³-hybridized carbons (Fsp3) is 0.353. The standard InChI is InChI=1S/C17H23N5O3S/c1-12(2)9-22-17(23)15-10-21-16(11-20-15)19-8-7-13-3-5-14(6-4-13)26(18,24)25/h3-6,10-12H,7-9H2,1-2H3,(H,19,21)(H,22,23)(H2,18,24,25). The van der Waals surface area contributed by atoms with Crippen LogP contribution in [-0.4, -0.2) is 37.4 Å². The van der Waals surface area contributed by atoms with Crippen molar-refractivity contribution in [2.24, 2.45) is 11.1 Å². The molecule has 8 nitrogen and oxygen atoms in total. The molecule has 1 aromatic heterocycles. The SMILES string of the molecule is CC(C)CNC(=O)c1cnc(NCCc2ccc(S(N)(=O)=O)cc2)cn1. The minimum Gasteiger partial charge on any atom is -0.368 e. The Morgan fingerprint density at radius 3 is 2.38 bits per heavy atom. The largest absolute Gasteiger partial charge is 0.368 e. The number of nitrogens with zero attached hydrogens (tertiary/aromatic N) is 2. The normalized spacial score (nSPS) is 11.4. The van der Waals surface area contributed by atoms with Crippen LogP contribution in [0.4, 0.5) is 5.82 Å². The first-order valence-electron chi connectivity index (χ1n) is 8.21.